The molecule has 4 heterocycles. The fourth-order valence-corrected chi connectivity index (χ4v) is 5.86. The molecule has 1 aliphatic heterocycles. The van der Waals surface area contributed by atoms with E-state index in [0.717, 1.165) is 62.2 Å². The van der Waals surface area contributed by atoms with Gasteiger partial charge in [0, 0.05) is 56.7 Å². The highest BCUT2D eigenvalue weighted by atomic mass is 16.7. The van der Waals surface area contributed by atoms with E-state index in [-0.39, 0.29) is 18.1 Å². The van der Waals surface area contributed by atoms with Crippen molar-refractivity contribution in [2.75, 3.05) is 37.9 Å². The van der Waals surface area contributed by atoms with Crippen LogP contribution in [0.2, 0.25) is 0 Å². The highest BCUT2D eigenvalue weighted by molar-refractivity contribution is 5.87. The maximum Gasteiger partial charge on any atom is 0.225 e. The summed E-state index contributed by atoms with van der Waals surface area (Å²) in [7, 11) is 3.39. The number of rotatable bonds is 7. The Morgan fingerprint density at radius 3 is 2.45 bits per heavy atom. The first-order valence-electron chi connectivity index (χ1n) is 13.7. The van der Waals surface area contributed by atoms with Crippen LogP contribution >= 0.6 is 0 Å². The van der Waals surface area contributed by atoms with E-state index in [1.54, 1.807) is 26.4 Å². The Balaban J connectivity index is 1.13. The molecule has 1 saturated heterocycles. The second-order valence-corrected chi connectivity index (χ2v) is 10.4. The number of piperidine rings is 1. The molecule has 0 radical (unpaired) electrons. The maximum atomic E-state index is 10.3. The number of phenols is 1. The fraction of sp³-hybridized carbons (Fsp3) is 0.414. The number of aromatic hydroxyl groups is 1. The Morgan fingerprint density at radius 2 is 1.77 bits per heavy atom. The van der Waals surface area contributed by atoms with Crippen molar-refractivity contribution in [3.63, 3.8) is 0 Å². The lowest BCUT2D eigenvalue weighted by molar-refractivity contribution is -0.138. The second kappa shape index (κ2) is 11.2. The van der Waals surface area contributed by atoms with Gasteiger partial charge in [0.1, 0.15) is 5.75 Å². The first-order valence-corrected chi connectivity index (χ1v) is 13.7. The molecule has 1 atom stereocenters. The minimum absolute atomic E-state index is 0.153. The number of allylic oxidation sites excluding steroid dienone is 2. The normalized spacial score (nSPS) is 18.4. The minimum atomic E-state index is -0.164. The Kier molecular flexibility index (Phi) is 7.31. The molecule has 0 amide bonds. The lowest BCUT2D eigenvalue weighted by Gasteiger charge is -2.32. The van der Waals surface area contributed by atoms with Gasteiger partial charge in [0.15, 0.2) is 17.6 Å². The van der Waals surface area contributed by atoms with Gasteiger partial charge in [-0.15, -0.1) is 10.2 Å². The third-order valence-corrected chi connectivity index (χ3v) is 8.06. The first kappa shape index (κ1) is 26.1. The highest BCUT2D eigenvalue weighted by Crippen LogP contribution is 2.34. The van der Waals surface area contributed by atoms with Crippen LogP contribution in [-0.2, 0) is 9.47 Å². The Labute approximate surface area is 232 Å². The molecule has 1 fully saturated rings. The Morgan fingerprint density at radius 1 is 1.02 bits per heavy atom. The van der Waals surface area contributed by atoms with Gasteiger partial charge in [-0.25, -0.2) is 9.97 Å². The summed E-state index contributed by atoms with van der Waals surface area (Å²) in [5, 5.41) is 23.5. The van der Waals surface area contributed by atoms with Gasteiger partial charge in [-0.1, -0.05) is 18.2 Å². The van der Waals surface area contributed by atoms with Gasteiger partial charge in [-0.2, -0.15) is 5.10 Å². The van der Waals surface area contributed by atoms with Crippen molar-refractivity contribution < 1.29 is 14.6 Å². The minimum Gasteiger partial charge on any atom is -0.507 e. The van der Waals surface area contributed by atoms with Gasteiger partial charge < -0.3 is 25.2 Å². The predicted molar refractivity (Wildman–Crippen MR) is 152 cm³/mol. The van der Waals surface area contributed by atoms with Crippen molar-refractivity contribution in [3.05, 3.63) is 54.4 Å². The largest absolute Gasteiger partial charge is 0.507 e. The van der Waals surface area contributed by atoms with E-state index in [4.69, 9.17) is 25.2 Å². The van der Waals surface area contributed by atoms with E-state index in [9.17, 15) is 5.11 Å². The van der Waals surface area contributed by atoms with E-state index in [1.807, 2.05) is 35.3 Å². The number of hydrogen-bond acceptors (Lipinski definition) is 10. The molecule has 0 saturated carbocycles. The number of ether oxygens (including phenoxy) is 2. The van der Waals surface area contributed by atoms with E-state index in [1.165, 1.54) is 5.57 Å². The monoisotopic (exact) mass is 542 g/mol. The zero-order valence-electron chi connectivity index (χ0n) is 22.8. The van der Waals surface area contributed by atoms with Gasteiger partial charge in [-0.05, 0) is 55.9 Å². The SMILES string of the molecule is COC(OC)C1CC=C(c2cnc(N3CCC(n4nc(N)c5nnc(-c6ccccc6O)cc54)CC3)nc2)CC1. The van der Waals surface area contributed by atoms with Gasteiger partial charge in [0.2, 0.25) is 5.95 Å². The number of aromatic nitrogens is 6. The van der Waals surface area contributed by atoms with Gasteiger partial charge in [0.05, 0.1) is 17.3 Å². The smallest absolute Gasteiger partial charge is 0.225 e. The first-order chi connectivity index (χ1) is 19.6. The van der Waals surface area contributed by atoms with Crippen LogP contribution < -0.4 is 10.6 Å². The van der Waals surface area contributed by atoms with Crippen LogP contribution in [0.15, 0.2) is 48.8 Å². The Bertz CT molecular complexity index is 1510. The van der Waals surface area contributed by atoms with Crippen molar-refractivity contribution in [2.24, 2.45) is 5.92 Å². The topological polar surface area (TPSA) is 137 Å². The third-order valence-electron chi connectivity index (χ3n) is 8.06. The molecule has 0 spiro atoms. The summed E-state index contributed by atoms with van der Waals surface area (Å²) in [4.78, 5) is 11.6. The van der Waals surface area contributed by atoms with E-state index >= 15 is 0 Å². The zero-order valence-corrected chi connectivity index (χ0v) is 22.8. The second-order valence-electron chi connectivity index (χ2n) is 10.4. The van der Waals surface area contributed by atoms with Crippen molar-refractivity contribution in [3.8, 4) is 17.0 Å². The molecular formula is C29H34N8O3. The van der Waals surface area contributed by atoms with Crippen molar-refractivity contribution in [1.82, 2.24) is 29.9 Å². The summed E-state index contributed by atoms with van der Waals surface area (Å²) >= 11 is 0. The van der Waals surface area contributed by atoms with Crippen LogP contribution in [0.3, 0.4) is 0 Å². The molecule has 11 nitrogen and oxygen atoms in total. The van der Waals surface area contributed by atoms with Crippen LogP contribution in [0.1, 0.15) is 43.7 Å². The lowest BCUT2D eigenvalue weighted by Crippen LogP contribution is -2.36. The van der Waals surface area contributed by atoms with Crippen LogP contribution in [0, 0.1) is 5.92 Å². The Hall–Kier alpha value is -4.09. The molecule has 1 aliphatic carbocycles. The summed E-state index contributed by atoms with van der Waals surface area (Å²) in [6.07, 6.45) is 10.6. The molecule has 3 aromatic heterocycles. The molecule has 40 heavy (non-hydrogen) atoms. The quantitative estimate of drug-likeness (QED) is 0.327. The predicted octanol–water partition coefficient (Wildman–Crippen LogP) is 4.22. The number of anilines is 2. The third kappa shape index (κ3) is 4.98. The average Bonchev–Trinajstić information content (AvgIpc) is 3.34. The van der Waals surface area contributed by atoms with E-state index in [0.29, 0.717) is 28.5 Å². The number of phenolic OH excluding ortho intramolecular Hbond substituents is 1. The van der Waals surface area contributed by atoms with Gasteiger partial charge in [-0.3, -0.25) is 4.68 Å². The number of fused-ring (bicyclic) bond motifs is 1. The van der Waals surface area contributed by atoms with Crippen LogP contribution in [0.4, 0.5) is 11.8 Å². The van der Waals surface area contributed by atoms with E-state index < -0.39 is 0 Å². The van der Waals surface area contributed by atoms with Crippen LogP contribution in [0.5, 0.6) is 5.75 Å². The molecule has 0 bridgehead atoms. The zero-order chi connectivity index (χ0) is 27.6. The summed E-state index contributed by atoms with van der Waals surface area (Å²) in [5.41, 5.74) is 11.1. The lowest BCUT2D eigenvalue weighted by atomic mass is 9.87. The number of nitrogens with zero attached hydrogens (tertiary/aromatic N) is 7. The molecule has 2 aliphatic rings. The number of nitrogen functional groups attached to an aromatic ring is 1. The van der Waals surface area contributed by atoms with Crippen molar-refractivity contribution in [2.45, 2.75) is 44.4 Å². The summed E-state index contributed by atoms with van der Waals surface area (Å²) in [6.45, 7) is 1.60. The number of para-hydroxylation sites is 1. The molecular weight excluding hydrogens is 508 g/mol. The van der Waals surface area contributed by atoms with Gasteiger partial charge in [0.25, 0.3) is 0 Å². The standard InChI is InChI=1S/C29H34N8O3/c1-39-28(40-2)19-9-7-18(8-10-19)20-16-31-29(32-17-20)36-13-11-21(12-14-36)37-24-15-23(22-5-3-4-6-25(22)38)33-34-26(24)27(30)35-37/h3-7,15-17,19,21,28,38H,8-14H2,1-2H3,(H2,30,35). The van der Waals surface area contributed by atoms with E-state index in [2.05, 4.69) is 26.3 Å². The molecule has 6 rings (SSSR count). The van der Waals surface area contributed by atoms with Crippen LogP contribution in [0.25, 0.3) is 27.9 Å². The molecule has 11 heteroatoms. The highest BCUT2D eigenvalue weighted by Gasteiger charge is 2.27. The molecule has 3 N–H and O–H groups in total. The number of nitrogens with two attached hydrogens (primary N) is 1. The van der Waals surface area contributed by atoms with Crippen molar-refractivity contribution >= 4 is 28.4 Å². The summed E-state index contributed by atoms with van der Waals surface area (Å²) in [5.74, 6) is 1.62. The maximum absolute atomic E-state index is 10.3. The molecule has 1 unspecified atom stereocenters. The van der Waals surface area contributed by atoms with Crippen molar-refractivity contribution in [1.29, 1.82) is 0 Å². The molecule has 1 aromatic carbocycles. The molecule has 208 valence electrons. The number of methoxy groups -OCH3 is 2. The molecule has 4 aromatic rings. The summed E-state index contributed by atoms with van der Waals surface area (Å²) < 4.78 is 12.8. The summed E-state index contributed by atoms with van der Waals surface area (Å²) in [6, 6.07) is 9.15. The number of benzene rings is 1. The van der Waals surface area contributed by atoms with Crippen LogP contribution in [-0.4, -0.2) is 68.7 Å². The number of hydrogen-bond donors (Lipinski definition) is 2. The fourth-order valence-electron chi connectivity index (χ4n) is 5.86. The average molecular weight is 543 g/mol. The van der Waals surface area contributed by atoms with Gasteiger partial charge >= 0.3 is 0 Å².